The number of methoxy groups -OCH3 is 1. The van der Waals surface area contributed by atoms with Crippen LogP contribution in [0.2, 0.25) is 5.15 Å². The molecule has 1 aliphatic heterocycles. The predicted molar refractivity (Wildman–Crippen MR) is 119 cm³/mol. The number of fused-ring (bicyclic) bond motifs is 1. The number of hydrogen-bond acceptors (Lipinski definition) is 6. The maximum atomic E-state index is 13.1. The fraction of sp³-hybridized carbons (Fsp3) is 0.455. The Balaban J connectivity index is 1.46. The molecule has 1 aromatic heterocycles. The number of carbonyl (C=O) groups excluding carboxylic acids is 2. The minimum Gasteiger partial charge on any atom is -0.476 e. The van der Waals surface area contributed by atoms with E-state index >= 15 is 0 Å². The number of benzene rings is 1. The number of aromatic nitrogens is 2. The van der Waals surface area contributed by atoms with Gasteiger partial charge in [0, 0.05) is 12.1 Å². The van der Waals surface area contributed by atoms with Crippen molar-refractivity contribution in [3.63, 3.8) is 0 Å². The lowest BCUT2D eigenvalue weighted by Gasteiger charge is -2.28. The molecule has 0 unspecified atom stereocenters. The molecule has 2 aromatic rings. The second-order valence-corrected chi connectivity index (χ2v) is 8.68. The van der Waals surface area contributed by atoms with E-state index in [4.69, 9.17) is 33.3 Å². The van der Waals surface area contributed by atoms with Gasteiger partial charge in [0.2, 0.25) is 10.7 Å². The lowest BCUT2D eigenvalue weighted by Crippen LogP contribution is -2.32. The van der Waals surface area contributed by atoms with Crippen molar-refractivity contribution in [2.24, 2.45) is 5.92 Å². The van der Waals surface area contributed by atoms with Gasteiger partial charge in [-0.3, -0.25) is 9.59 Å². The number of hydrogen-bond donors (Lipinski definition) is 1. The van der Waals surface area contributed by atoms with E-state index in [1.54, 1.807) is 4.90 Å². The van der Waals surface area contributed by atoms with E-state index in [2.05, 4.69) is 22.1 Å². The van der Waals surface area contributed by atoms with Gasteiger partial charge in [-0.1, -0.05) is 23.7 Å². The van der Waals surface area contributed by atoms with Crippen LogP contribution in [0.5, 0.6) is 5.88 Å². The first kappa shape index (κ1) is 21.8. The summed E-state index contributed by atoms with van der Waals surface area (Å²) in [5.74, 6) is 0.733. The monoisotopic (exact) mass is 461 g/mol. The number of amides is 1. The molecule has 4 rings (SSSR count). The zero-order chi connectivity index (χ0) is 22.0. The molecule has 0 saturated heterocycles. The van der Waals surface area contributed by atoms with E-state index in [0.717, 1.165) is 31.4 Å². The first-order chi connectivity index (χ1) is 15.0. The second-order valence-electron chi connectivity index (χ2n) is 7.93. The van der Waals surface area contributed by atoms with E-state index in [1.165, 1.54) is 12.7 Å². The molecule has 1 aliphatic carbocycles. The molecule has 1 saturated carbocycles. The van der Waals surface area contributed by atoms with Crippen LogP contribution in [0, 0.1) is 10.7 Å². The number of rotatable bonds is 4. The summed E-state index contributed by atoms with van der Waals surface area (Å²) < 4.78 is 10.6. The Morgan fingerprint density at radius 2 is 2.00 bits per heavy atom. The lowest BCUT2D eigenvalue weighted by atomic mass is 9.77. The third-order valence-corrected chi connectivity index (χ3v) is 6.55. The zero-order valence-corrected chi connectivity index (χ0v) is 18.8. The number of nitrogens with one attached hydrogen (secondary N) is 1. The van der Waals surface area contributed by atoms with E-state index < -0.39 is 0 Å². The Bertz CT molecular complexity index is 1030. The highest BCUT2D eigenvalue weighted by atomic mass is 35.5. The highest BCUT2D eigenvalue weighted by Crippen LogP contribution is 2.38. The summed E-state index contributed by atoms with van der Waals surface area (Å²) in [5.41, 5.74) is 2.23. The van der Waals surface area contributed by atoms with Gasteiger partial charge < -0.3 is 19.4 Å². The standard InChI is InChI=1S/C22H24ClN3O4S/c1-29-17(27)12-13-2-4-14(5-3-13)15-6-8-16(9-7-15)26-10-11-30-20-18(21(26)28)19(23)24-22(31)25-20/h6-9,13-14H,2-5,10-12H2,1H3,(H,24,25,31). The van der Waals surface area contributed by atoms with Crippen LogP contribution < -0.4 is 9.64 Å². The molecular weight excluding hydrogens is 438 g/mol. The molecule has 164 valence electrons. The third-order valence-electron chi connectivity index (χ3n) is 6.08. The van der Waals surface area contributed by atoms with Crippen LogP contribution >= 0.6 is 23.8 Å². The molecule has 0 bridgehead atoms. The van der Waals surface area contributed by atoms with Crippen molar-refractivity contribution in [1.82, 2.24) is 9.97 Å². The first-order valence-electron chi connectivity index (χ1n) is 10.4. The number of anilines is 1. The summed E-state index contributed by atoms with van der Waals surface area (Å²) in [5, 5.41) is 0.0379. The van der Waals surface area contributed by atoms with Crippen molar-refractivity contribution in [2.45, 2.75) is 38.0 Å². The first-order valence-corrected chi connectivity index (χ1v) is 11.2. The normalized spacial score (nSPS) is 21.1. The summed E-state index contributed by atoms with van der Waals surface area (Å²) in [6.07, 6.45) is 4.64. The van der Waals surface area contributed by atoms with E-state index in [1.807, 2.05) is 12.1 Å². The maximum absolute atomic E-state index is 13.1. The molecule has 0 spiro atoms. The molecule has 9 heteroatoms. The van der Waals surface area contributed by atoms with Crippen LogP contribution in [0.4, 0.5) is 5.69 Å². The average molecular weight is 462 g/mol. The van der Waals surface area contributed by atoms with Crippen molar-refractivity contribution in [2.75, 3.05) is 25.2 Å². The number of H-pyrrole nitrogens is 1. The van der Waals surface area contributed by atoms with E-state index in [9.17, 15) is 9.59 Å². The molecule has 1 aromatic carbocycles. The quantitative estimate of drug-likeness (QED) is 0.404. The Labute approximate surface area is 190 Å². The molecule has 2 aliphatic rings. The van der Waals surface area contributed by atoms with Gasteiger partial charge >= 0.3 is 5.97 Å². The van der Waals surface area contributed by atoms with Gasteiger partial charge in [-0.05, 0) is 67.4 Å². The lowest BCUT2D eigenvalue weighted by molar-refractivity contribution is -0.142. The summed E-state index contributed by atoms with van der Waals surface area (Å²) in [6.45, 7) is 0.707. The number of carbonyl (C=O) groups is 2. The summed E-state index contributed by atoms with van der Waals surface area (Å²) in [6, 6.07) is 8.09. The number of esters is 1. The average Bonchev–Trinajstić information content (AvgIpc) is 2.93. The molecule has 0 atom stereocenters. The number of nitrogens with zero attached hydrogens (tertiary/aromatic N) is 2. The number of halogens is 1. The van der Waals surface area contributed by atoms with Gasteiger partial charge in [0.15, 0.2) is 5.15 Å². The maximum Gasteiger partial charge on any atom is 0.305 e. The Morgan fingerprint density at radius 3 is 2.68 bits per heavy atom. The van der Waals surface area contributed by atoms with Gasteiger partial charge in [0.05, 0.1) is 13.7 Å². The van der Waals surface area contributed by atoms with Crippen molar-refractivity contribution < 1.29 is 19.1 Å². The smallest absolute Gasteiger partial charge is 0.305 e. The van der Waals surface area contributed by atoms with Gasteiger partial charge in [-0.15, -0.1) is 0 Å². The van der Waals surface area contributed by atoms with Gasteiger partial charge in [0.25, 0.3) is 5.91 Å². The fourth-order valence-electron chi connectivity index (χ4n) is 4.39. The highest BCUT2D eigenvalue weighted by molar-refractivity contribution is 7.71. The van der Waals surface area contributed by atoms with E-state index in [0.29, 0.717) is 31.4 Å². The predicted octanol–water partition coefficient (Wildman–Crippen LogP) is 4.67. The number of ether oxygens (including phenoxy) is 2. The Morgan fingerprint density at radius 1 is 1.29 bits per heavy atom. The minimum atomic E-state index is -0.271. The fourth-order valence-corrected chi connectivity index (χ4v) is 4.87. The molecule has 1 fully saturated rings. The van der Waals surface area contributed by atoms with Crippen molar-refractivity contribution in [3.05, 3.63) is 45.3 Å². The molecule has 1 amide bonds. The zero-order valence-electron chi connectivity index (χ0n) is 17.2. The van der Waals surface area contributed by atoms with Crippen LogP contribution in [-0.4, -0.2) is 42.1 Å². The molecule has 7 nitrogen and oxygen atoms in total. The van der Waals surface area contributed by atoms with Gasteiger partial charge in [-0.25, -0.2) is 4.98 Å². The van der Waals surface area contributed by atoms with Crippen molar-refractivity contribution in [3.8, 4) is 5.88 Å². The summed E-state index contributed by atoms with van der Waals surface area (Å²) in [4.78, 5) is 33.1. The van der Waals surface area contributed by atoms with Crippen LogP contribution in [-0.2, 0) is 9.53 Å². The molecule has 31 heavy (non-hydrogen) atoms. The van der Waals surface area contributed by atoms with Crippen LogP contribution in [0.15, 0.2) is 24.3 Å². The molecule has 0 radical (unpaired) electrons. The highest BCUT2D eigenvalue weighted by Gasteiger charge is 2.29. The topological polar surface area (TPSA) is 84.5 Å². The van der Waals surface area contributed by atoms with Crippen LogP contribution in [0.3, 0.4) is 0 Å². The largest absolute Gasteiger partial charge is 0.476 e. The SMILES string of the molecule is COC(=O)CC1CCC(c2ccc(N3CCOc4[nH]c(=S)nc(Cl)c4C3=O)cc2)CC1. The van der Waals surface area contributed by atoms with Crippen LogP contribution in [0.1, 0.15) is 53.9 Å². The van der Waals surface area contributed by atoms with Gasteiger partial charge in [0.1, 0.15) is 12.2 Å². The minimum absolute atomic E-state index is 0.0379. The van der Waals surface area contributed by atoms with E-state index in [-0.39, 0.29) is 33.2 Å². The summed E-state index contributed by atoms with van der Waals surface area (Å²) >= 11 is 11.2. The second kappa shape index (κ2) is 9.36. The van der Waals surface area contributed by atoms with Gasteiger partial charge in [-0.2, -0.15) is 0 Å². The molecule has 2 heterocycles. The Hall–Kier alpha value is -2.45. The van der Waals surface area contributed by atoms with Crippen molar-refractivity contribution >= 4 is 41.4 Å². The number of aromatic amines is 1. The third kappa shape index (κ3) is 4.75. The van der Waals surface area contributed by atoms with Crippen LogP contribution in [0.25, 0.3) is 0 Å². The molecule has 1 N–H and O–H groups in total. The summed E-state index contributed by atoms with van der Waals surface area (Å²) in [7, 11) is 1.44. The molecular formula is C22H24ClN3O4S. The van der Waals surface area contributed by atoms with Crippen molar-refractivity contribution in [1.29, 1.82) is 0 Å². The Kier molecular flexibility index (Phi) is 6.57.